The van der Waals surface area contributed by atoms with Gasteiger partial charge in [0.1, 0.15) is 5.82 Å². The van der Waals surface area contributed by atoms with Gasteiger partial charge in [0.25, 0.3) is 0 Å². The van der Waals surface area contributed by atoms with E-state index in [2.05, 4.69) is 10.2 Å². The molecule has 5 rings (SSSR count). The van der Waals surface area contributed by atoms with Gasteiger partial charge in [0.05, 0.1) is 12.7 Å². The Balaban J connectivity index is 1.30. The second kappa shape index (κ2) is 9.74. The summed E-state index contributed by atoms with van der Waals surface area (Å²) in [6.45, 7) is 4.96. The molecule has 3 aromatic carbocycles. The molecule has 2 heterocycles. The van der Waals surface area contributed by atoms with Gasteiger partial charge in [-0.15, -0.1) is 0 Å². The minimum absolute atomic E-state index is 0.196. The fraction of sp³-hybridized carbons (Fsp3) is 0.310. The zero-order chi connectivity index (χ0) is 25.3. The van der Waals surface area contributed by atoms with Crippen molar-refractivity contribution in [3.8, 4) is 0 Å². The second-order valence-corrected chi connectivity index (χ2v) is 9.79. The lowest BCUT2D eigenvalue weighted by atomic mass is 9.74. The highest BCUT2D eigenvalue weighted by Crippen LogP contribution is 2.47. The highest BCUT2D eigenvalue weighted by molar-refractivity contribution is 6.03. The molecule has 1 spiro atoms. The maximum Gasteiger partial charge on any atom is 0.337 e. The first-order valence-corrected chi connectivity index (χ1v) is 12.2. The fourth-order valence-corrected chi connectivity index (χ4v) is 5.43. The van der Waals surface area contributed by atoms with Crippen LogP contribution in [0.25, 0.3) is 0 Å². The van der Waals surface area contributed by atoms with Crippen LogP contribution in [-0.2, 0) is 16.7 Å². The maximum atomic E-state index is 14.3. The number of carbonyl (C=O) groups is 2. The number of urea groups is 1. The van der Waals surface area contributed by atoms with Crippen LogP contribution in [0.2, 0.25) is 0 Å². The largest absolute Gasteiger partial charge is 0.465 e. The van der Waals surface area contributed by atoms with Gasteiger partial charge < -0.3 is 10.1 Å². The van der Waals surface area contributed by atoms with Crippen molar-refractivity contribution in [3.63, 3.8) is 0 Å². The molecule has 0 bridgehead atoms. The number of likely N-dealkylation sites (tertiary alicyclic amines) is 1. The first kappa shape index (κ1) is 24.0. The summed E-state index contributed by atoms with van der Waals surface area (Å²) in [7, 11) is 1.38. The Hall–Kier alpha value is -3.71. The summed E-state index contributed by atoms with van der Waals surface area (Å²) >= 11 is 0. The molecule has 2 aliphatic rings. The topological polar surface area (TPSA) is 61.9 Å². The molecule has 6 nitrogen and oxygen atoms in total. The van der Waals surface area contributed by atoms with Crippen LogP contribution in [0, 0.1) is 12.7 Å². The Morgan fingerprint density at radius 1 is 1.03 bits per heavy atom. The van der Waals surface area contributed by atoms with Crippen molar-refractivity contribution in [3.05, 3.63) is 94.8 Å². The SMILES string of the molecule is COC(=O)c1ccc(CN2CCC3(CC2)CN(C(=O)Nc2cccc(C)c2)c2ccc(F)cc23)cc1. The third-order valence-electron chi connectivity index (χ3n) is 7.39. The summed E-state index contributed by atoms with van der Waals surface area (Å²) in [5, 5.41) is 3.01. The Labute approximate surface area is 210 Å². The van der Waals surface area contributed by atoms with Gasteiger partial charge in [0.15, 0.2) is 0 Å². The zero-order valence-electron chi connectivity index (χ0n) is 20.6. The molecule has 0 aromatic heterocycles. The van der Waals surface area contributed by atoms with Gasteiger partial charge in [-0.1, -0.05) is 24.3 Å². The highest BCUT2D eigenvalue weighted by Gasteiger charge is 2.46. The van der Waals surface area contributed by atoms with Crippen molar-refractivity contribution in [2.75, 3.05) is 37.0 Å². The molecule has 36 heavy (non-hydrogen) atoms. The number of carbonyl (C=O) groups excluding carboxylic acids is 2. The predicted molar refractivity (Wildman–Crippen MR) is 138 cm³/mol. The van der Waals surface area contributed by atoms with Crippen LogP contribution in [0.5, 0.6) is 0 Å². The molecular formula is C29H30FN3O3. The van der Waals surface area contributed by atoms with E-state index in [4.69, 9.17) is 4.74 Å². The minimum Gasteiger partial charge on any atom is -0.465 e. The first-order valence-electron chi connectivity index (χ1n) is 12.2. The highest BCUT2D eigenvalue weighted by atomic mass is 19.1. The molecular weight excluding hydrogens is 457 g/mol. The predicted octanol–water partition coefficient (Wildman–Crippen LogP) is 5.51. The Kier molecular flexibility index (Phi) is 6.49. The van der Waals surface area contributed by atoms with Gasteiger partial charge in [0, 0.05) is 29.9 Å². The van der Waals surface area contributed by atoms with Crippen molar-refractivity contribution in [1.29, 1.82) is 0 Å². The molecule has 1 fully saturated rings. The Morgan fingerprint density at radius 3 is 2.47 bits per heavy atom. The van der Waals surface area contributed by atoms with Gasteiger partial charge in [0.2, 0.25) is 0 Å². The van der Waals surface area contributed by atoms with Gasteiger partial charge >= 0.3 is 12.0 Å². The van der Waals surface area contributed by atoms with Crippen LogP contribution in [0.1, 0.15) is 39.9 Å². The van der Waals surface area contributed by atoms with Crippen molar-refractivity contribution < 1.29 is 18.7 Å². The number of benzene rings is 3. The molecule has 0 radical (unpaired) electrons. The molecule has 0 atom stereocenters. The molecule has 3 aromatic rings. The lowest BCUT2D eigenvalue weighted by molar-refractivity contribution is 0.0600. The smallest absolute Gasteiger partial charge is 0.337 e. The number of fused-ring (bicyclic) bond motifs is 2. The summed E-state index contributed by atoms with van der Waals surface area (Å²) in [6, 6.07) is 19.8. The van der Waals surface area contributed by atoms with Crippen LogP contribution in [0.3, 0.4) is 0 Å². The van der Waals surface area contributed by atoms with E-state index in [-0.39, 0.29) is 23.2 Å². The molecule has 0 unspecified atom stereocenters. The van der Waals surface area contributed by atoms with E-state index in [0.29, 0.717) is 12.1 Å². The summed E-state index contributed by atoms with van der Waals surface area (Å²) in [5.41, 5.74) is 4.91. The molecule has 2 amide bonds. The normalized spacial score (nSPS) is 16.6. The van der Waals surface area contributed by atoms with Crippen molar-refractivity contribution >= 4 is 23.4 Å². The summed E-state index contributed by atoms with van der Waals surface area (Å²) < 4.78 is 19.1. The summed E-state index contributed by atoms with van der Waals surface area (Å²) in [4.78, 5) is 29.1. The Morgan fingerprint density at radius 2 is 1.78 bits per heavy atom. The number of halogens is 1. The molecule has 186 valence electrons. The molecule has 1 N–H and O–H groups in total. The van der Waals surface area contributed by atoms with Gasteiger partial charge in [-0.3, -0.25) is 9.80 Å². The molecule has 1 saturated heterocycles. The van der Waals surface area contributed by atoms with Crippen molar-refractivity contribution in [1.82, 2.24) is 4.90 Å². The zero-order valence-corrected chi connectivity index (χ0v) is 20.6. The third-order valence-corrected chi connectivity index (χ3v) is 7.39. The molecule has 0 aliphatic carbocycles. The van der Waals surface area contributed by atoms with Gasteiger partial charge in [-0.25, -0.2) is 14.0 Å². The number of methoxy groups -OCH3 is 1. The number of ether oxygens (including phenoxy) is 1. The number of anilines is 2. The second-order valence-electron chi connectivity index (χ2n) is 9.79. The van der Waals surface area contributed by atoms with E-state index in [1.54, 1.807) is 29.2 Å². The maximum absolute atomic E-state index is 14.3. The standard InChI is InChI=1S/C29H30FN3O3/c1-20-4-3-5-24(16-20)31-28(35)33-19-29(25-17-23(30)10-11-26(25)33)12-14-32(15-13-29)18-21-6-8-22(9-7-21)27(34)36-2/h3-11,16-17H,12-15,18-19H2,1-2H3,(H,31,35). The van der Waals surface area contributed by atoms with E-state index in [1.165, 1.54) is 13.2 Å². The number of piperidine rings is 1. The lowest BCUT2D eigenvalue weighted by Gasteiger charge is -2.40. The lowest BCUT2D eigenvalue weighted by Crippen LogP contribution is -2.46. The molecule has 0 saturated carbocycles. The van der Waals surface area contributed by atoms with E-state index < -0.39 is 0 Å². The molecule has 2 aliphatic heterocycles. The number of hydrogen-bond acceptors (Lipinski definition) is 4. The summed E-state index contributed by atoms with van der Waals surface area (Å²) in [6.07, 6.45) is 1.66. The van der Waals surface area contributed by atoms with E-state index >= 15 is 0 Å². The van der Waals surface area contributed by atoms with Crippen LogP contribution in [-0.4, -0.2) is 43.6 Å². The van der Waals surface area contributed by atoms with Gasteiger partial charge in [-0.2, -0.15) is 0 Å². The number of aryl methyl sites for hydroxylation is 1. The van der Waals surface area contributed by atoms with Crippen molar-refractivity contribution in [2.45, 2.75) is 31.7 Å². The third kappa shape index (κ3) is 4.71. The number of nitrogens with one attached hydrogen (secondary N) is 1. The van der Waals surface area contributed by atoms with E-state index in [0.717, 1.165) is 60.5 Å². The average Bonchev–Trinajstić information content (AvgIpc) is 3.19. The monoisotopic (exact) mass is 487 g/mol. The molecule has 7 heteroatoms. The quantitative estimate of drug-likeness (QED) is 0.493. The Bertz CT molecular complexity index is 1280. The van der Waals surface area contributed by atoms with Crippen LogP contribution < -0.4 is 10.2 Å². The fourth-order valence-electron chi connectivity index (χ4n) is 5.43. The van der Waals surface area contributed by atoms with Crippen LogP contribution >= 0.6 is 0 Å². The minimum atomic E-state index is -0.343. The van der Waals surface area contributed by atoms with Crippen LogP contribution in [0.4, 0.5) is 20.6 Å². The number of esters is 1. The van der Waals surface area contributed by atoms with Crippen LogP contribution in [0.15, 0.2) is 66.7 Å². The summed E-state index contributed by atoms with van der Waals surface area (Å²) in [5.74, 6) is -0.619. The number of amides is 2. The average molecular weight is 488 g/mol. The van der Waals surface area contributed by atoms with Crippen molar-refractivity contribution in [2.24, 2.45) is 0 Å². The number of hydrogen-bond donors (Lipinski definition) is 1. The van der Waals surface area contributed by atoms with Gasteiger partial charge in [-0.05, 0) is 92.0 Å². The number of nitrogens with zero attached hydrogens (tertiary/aromatic N) is 2. The van der Waals surface area contributed by atoms with E-state index in [1.807, 2.05) is 43.3 Å². The first-order chi connectivity index (χ1) is 17.4. The number of rotatable bonds is 4. The van der Waals surface area contributed by atoms with E-state index in [9.17, 15) is 14.0 Å².